The van der Waals surface area contributed by atoms with E-state index in [1.807, 2.05) is 0 Å². The number of nitrogens with zero attached hydrogens (tertiary/aromatic N) is 1. The van der Waals surface area contributed by atoms with Gasteiger partial charge in [-0.25, -0.2) is 23.9 Å². The lowest BCUT2D eigenvalue weighted by Gasteiger charge is -2.39. The van der Waals surface area contributed by atoms with Gasteiger partial charge in [-0.15, -0.1) is 22.9 Å². The molecule has 44 heavy (non-hydrogen) atoms. The van der Waals surface area contributed by atoms with Gasteiger partial charge in [0.1, 0.15) is 35.4 Å². The largest absolute Gasteiger partial charge is 0.490 e. The quantitative estimate of drug-likeness (QED) is 0.189. The van der Waals surface area contributed by atoms with Gasteiger partial charge in [-0.3, -0.25) is 19.2 Å². The smallest absolute Gasteiger partial charge is 0.343 e. The highest BCUT2D eigenvalue weighted by Gasteiger charge is 2.42. The van der Waals surface area contributed by atoms with Crippen molar-refractivity contribution in [2.75, 3.05) is 31.5 Å². The minimum atomic E-state index is -1.43. The Balaban J connectivity index is 1.53. The van der Waals surface area contributed by atoms with Crippen molar-refractivity contribution in [2.45, 2.75) is 18.4 Å². The summed E-state index contributed by atoms with van der Waals surface area (Å²) >= 11 is 7.51. The third kappa shape index (κ3) is 5.38. The fraction of sp³-hybridized carbons (Fsp3) is 0.233. The van der Waals surface area contributed by atoms with Gasteiger partial charge >= 0.3 is 11.7 Å². The molecule has 2 aliphatic rings. The zero-order chi connectivity index (χ0) is 31.0. The van der Waals surface area contributed by atoms with Crippen molar-refractivity contribution in [3.63, 3.8) is 0 Å². The number of hydrogen-bond donors (Lipinski definition) is 3. The summed E-state index contributed by atoms with van der Waals surface area (Å²) in [7, 11) is 1.31. The van der Waals surface area contributed by atoms with Crippen LogP contribution in [-0.4, -0.2) is 41.8 Å². The molecule has 2 aromatic heterocycles. The highest BCUT2D eigenvalue weighted by atomic mass is 35.5. The van der Waals surface area contributed by atoms with Crippen LogP contribution in [0.1, 0.15) is 12.0 Å². The summed E-state index contributed by atoms with van der Waals surface area (Å²) in [5.74, 6) is -0.749. The molecule has 2 amide bonds. The Bertz CT molecular complexity index is 1930. The first-order valence-electron chi connectivity index (χ1n) is 13.4. The van der Waals surface area contributed by atoms with Crippen LogP contribution in [0.4, 0.5) is 19.3 Å². The summed E-state index contributed by atoms with van der Waals surface area (Å²) in [6.07, 6.45) is 1.41. The fourth-order valence-corrected chi connectivity index (χ4v) is 7.01. The van der Waals surface area contributed by atoms with Crippen molar-refractivity contribution in [1.82, 2.24) is 15.0 Å². The Labute approximate surface area is 257 Å². The number of hydroxylamine groups is 1. The first-order chi connectivity index (χ1) is 21.2. The summed E-state index contributed by atoms with van der Waals surface area (Å²) in [4.78, 5) is 46.5. The normalized spacial score (nSPS) is 17.9. The second-order valence-electron chi connectivity index (χ2n) is 10.2. The maximum atomic E-state index is 15.1. The highest BCUT2D eigenvalue weighted by molar-refractivity contribution is 7.21. The number of allylic oxidation sites excluding steroid dienone is 3. The van der Waals surface area contributed by atoms with Crippen LogP contribution in [0.5, 0.6) is 0 Å². The van der Waals surface area contributed by atoms with E-state index < -0.39 is 34.5 Å². The van der Waals surface area contributed by atoms with Crippen LogP contribution in [0, 0.1) is 11.6 Å². The number of alkyl halides is 1. The van der Waals surface area contributed by atoms with E-state index in [1.165, 1.54) is 29.1 Å². The van der Waals surface area contributed by atoms with Gasteiger partial charge in [-0.05, 0) is 42.0 Å². The lowest BCUT2D eigenvalue weighted by atomic mass is 9.80. The molecule has 0 radical (unpaired) electrons. The van der Waals surface area contributed by atoms with Crippen LogP contribution in [0.25, 0.3) is 20.7 Å². The molecule has 0 spiro atoms. The molecular weight excluding hydrogens is 618 g/mol. The van der Waals surface area contributed by atoms with Gasteiger partial charge in [0.2, 0.25) is 0 Å². The number of anilines is 1. The van der Waals surface area contributed by atoms with Gasteiger partial charge in [0, 0.05) is 34.5 Å². The number of rotatable bonds is 7. The molecule has 3 heterocycles. The lowest BCUT2D eigenvalue weighted by molar-refractivity contribution is 0.0495. The number of H-pyrrole nitrogens is 1. The number of ether oxygens (including phenoxy) is 2. The van der Waals surface area contributed by atoms with Gasteiger partial charge in [-0.2, -0.15) is 0 Å². The van der Waals surface area contributed by atoms with Crippen LogP contribution < -0.4 is 22.0 Å². The lowest BCUT2D eigenvalue weighted by Crippen LogP contribution is -2.47. The number of carbonyl (C=O) groups is 1. The molecule has 0 saturated heterocycles. The first kappa shape index (κ1) is 29.6. The molecule has 1 unspecified atom stereocenters. The van der Waals surface area contributed by atoms with Gasteiger partial charge in [0.05, 0.1) is 23.9 Å². The molecule has 10 nitrogen and oxygen atoms in total. The van der Waals surface area contributed by atoms with Gasteiger partial charge < -0.3 is 14.8 Å². The first-order valence-corrected chi connectivity index (χ1v) is 14.8. The number of halogens is 3. The molecule has 2 aromatic carbocycles. The van der Waals surface area contributed by atoms with Crippen molar-refractivity contribution < 1.29 is 27.9 Å². The number of hydrogen-bond acceptors (Lipinski definition) is 7. The second kappa shape index (κ2) is 11.9. The molecule has 6 rings (SSSR count). The van der Waals surface area contributed by atoms with Crippen molar-refractivity contribution >= 4 is 44.9 Å². The molecule has 1 aliphatic heterocycles. The van der Waals surface area contributed by atoms with E-state index in [-0.39, 0.29) is 41.1 Å². The summed E-state index contributed by atoms with van der Waals surface area (Å²) in [6.45, 7) is 0.542. The predicted molar refractivity (Wildman–Crippen MR) is 162 cm³/mol. The minimum absolute atomic E-state index is 0.00862. The number of thiophene rings is 1. The van der Waals surface area contributed by atoms with Gasteiger partial charge in [-0.1, -0.05) is 18.2 Å². The molecule has 1 atom stereocenters. The number of nitrogens with one attached hydrogen (secondary N) is 3. The van der Waals surface area contributed by atoms with E-state index in [2.05, 4.69) is 20.6 Å². The zero-order valence-corrected chi connectivity index (χ0v) is 24.7. The van der Waals surface area contributed by atoms with E-state index in [1.54, 1.807) is 36.4 Å². The number of aromatic nitrogens is 2. The van der Waals surface area contributed by atoms with Gasteiger partial charge in [0.25, 0.3) is 5.56 Å². The summed E-state index contributed by atoms with van der Waals surface area (Å²) in [5.41, 5.74) is 0.804. The molecular formula is C30H25ClF2N4O6S. The SMILES string of the molecule is CONC(=O)Nc1ccc(-c2cc3c(=O)[nH]c(=O)n(C4(Cc5c(F)cccc5F)C=C(CCl)C5=C(C4)OCCO5)c3s2)cc1. The summed E-state index contributed by atoms with van der Waals surface area (Å²) in [6, 6.07) is 11.5. The monoisotopic (exact) mass is 642 g/mol. The average Bonchev–Trinajstić information content (AvgIpc) is 3.45. The number of benzene rings is 2. The number of amides is 2. The molecule has 3 N–H and O–H groups in total. The Kier molecular flexibility index (Phi) is 8.01. The predicted octanol–water partition coefficient (Wildman–Crippen LogP) is 5.14. The molecule has 228 valence electrons. The topological polar surface area (TPSA) is 124 Å². The van der Waals surface area contributed by atoms with Crippen molar-refractivity contribution in [1.29, 1.82) is 0 Å². The third-order valence-corrected chi connectivity index (χ3v) is 8.86. The number of fused-ring (bicyclic) bond motifs is 1. The maximum Gasteiger partial charge on any atom is 0.343 e. The number of carbonyl (C=O) groups excluding carboxylic acids is 1. The Morgan fingerprint density at radius 2 is 1.86 bits per heavy atom. The molecule has 0 saturated carbocycles. The second-order valence-corrected chi connectivity index (χ2v) is 11.5. The molecule has 0 fully saturated rings. The van der Waals surface area contributed by atoms with E-state index in [0.29, 0.717) is 39.8 Å². The van der Waals surface area contributed by atoms with Crippen molar-refractivity contribution in [2.24, 2.45) is 0 Å². The fourth-order valence-electron chi connectivity index (χ4n) is 5.56. The Morgan fingerprint density at radius 1 is 1.14 bits per heavy atom. The Morgan fingerprint density at radius 3 is 2.57 bits per heavy atom. The zero-order valence-electron chi connectivity index (χ0n) is 23.2. The van der Waals surface area contributed by atoms with Gasteiger partial charge in [0.15, 0.2) is 5.76 Å². The third-order valence-electron chi connectivity index (χ3n) is 7.40. The van der Waals surface area contributed by atoms with Crippen molar-refractivity contribution in [3.05, 3.63) is 110 Å². The molecule has 0 bridgehead atoms. The van der Waals surface area contributed by atoms with Crippen LogP contribution in [0.3, 0.4) is 0 Å². The molecule has 1 aliphatic carbocycles. The standard InChI is InChI=1S/C30H25ClF2N4O6S/c1-41-36-28(39)34-18-7-5-16(6-8-18)24-11-19-26(38)35-29(40)37(27(19)44-24)30(13-20-21(32)3-2-4-22(20)33)12-17(15-31)25-23(14-30)42-9-10-43-25/h2-8,11-12H,9-10,13-15H2,1H3,(H2,34,36,39)(H,35,38,40). The van der Waals surface area contributed by atoms with Crippen LogP contribution in [-0.2, 0) is 26.3 Å². The Hall–Kier alpha value is -4.46. The molecule has 4 aromatic rings. The van der Waals surface area contributed by atoms with E-state index in [0.717, 1.165) is 12.1 Å². The van der Waals surface area contributed by atoms with E-state index in [4.69, 9.17) is 21.1 Å². The maximum absolute atomic E-state index is 15.1. The van der Waals surface area contributed by atoms with E-state index >= 15 is 8.78 Å². The van der Waals surface area contributed by atoms with Crippen LogP contribution in [0.15, 0.2) is 81.3 Å². The number of urea groups is 1. The summed E-state index contributed by atoms with van der Waals surface area (Å²) < 4.78 is 43.4. The highest BCUT2D eigenvalue weighted by Crippen LogP contribution is 2.44. The minimum Gasteiger partial charge on any atom is -0.490 e. The molecule has 14 heteroatoms. The average molecular weight is 643 g/mol. The summed E-state index contributed by atoms with van der Waals surface area (Å²) in [5, 5.41) is 2.82. The van der Waals surface area contributed by atoms with Crippen LogP contribution >= 0.6 is 22.9 Å². The van der Waals surface area contributed by atoms with Crippen molar-refractivity contribution in [3.8, 4) is 10.4 Å². The number of aromatic amines is 1. The van der Waals surface area contributed by atoms with Crippen LogP contribution in [0.2, 0.25) is 0 Å². The van der Waals surface area contributed by atoms with E-state index in [9.17, 15) is 14.4 Å².